The normalized spacial score (nSPS) is 17.1. The van der Waals surface area contributed by atoms with Crippen LogP contribution in [0.5, 0.6) is 0 Å². The summed E-state index contributed by atoms with van der Waals surface area (Å²) in [5, 5.41) is 6.71. The number of amides is 1. The SMILES string of the molecule is Nc1sc(-c2c(F)cccc2F)nc1C(=O)Nc1cnn(CC(F)F)c1N1CCCCC2(CC2)C1. The second-order valence-electron chi connectivity index (χ2n) is 9.12. The maximum absolute atomic E-state index is 14.2. The molecule has 3 aromatic rings. The lowest BCUT2D eigenvalue weighted by Crippen LogP contribution is -2.32. The number of carbonyl (C=O) groups excluding carboxylic acids is 1. The highest BCUT2D eigenvalue weighted by Gasteiger charge is 2.45. The summed E-state index contributed by atoms with van der Waals surface area (Å²) in [7, 11) is 0. The second kappa shape index (κ2) is 9.14. The third-order valence-electron chi connectivity index (χ3n) is 6.58. The number of anilines is 3. The average molecular weight is 509 g/mol. The molecule has 1 aromatic carbocycles. The number of nitrogen functional groups attached to an aromatic ring is 1. The van der Waals surface area contributed by atoms with Gasteiger partial charge in [-0.3, -0.25) is 4.79 Å². The number of rotatable bonds is 6. The molecule has 1 saturated carbocycles. The second-order valence-corrected chi connectivity index (χ2v) is 10.1. The van der Waals surface area contributed by atoms with Gasteiger partial charge in [0.1, 0.15) is 33.9 Å². The van der Waals surface area contributed by atoms with Gasteiger partial charge in [-0.15, -0.1) is 0 Å². The first-order valence-electron chi connectivity index (χ1n) is 11.4. The molecule has 186 valence electrons. The van der Waals surface area contributed by atoms with E-state index >= 15 is 0 Å². The summed E-state index contributed by atoms with van der Waals surface area (Å²) in [4.78, 5) is 19.2. The Morgan fingerprint density at radius 2 is 1.94 bits per heavy atom. The van der Waals surface area contributed by atoms with Gasteiger partial charge >= 0.3 is 0 Å². The molecule has 2 fully saturated rings. The Balaban J connectivity index is 1.45. The lowest BCUT2D eigenvalue weighted by atomic mass is 10.0. The zero-order valence-electron chi connectivity index (χ0n) is 18.7. The van der Waals surface area contributed by atoms with Crippen molar-refractivity contribution in [1.82, 2.24) is 14.8 Å². The van der Waals surface area contributed by atoms with Crippen LogP contribution in [0, 0.1) is 17.0 Å². The summed E-state index contributed by atoms with van der Waals surface area (Å²) in [5.74, 6) is -1.94. The van der Waals surface area contributed by atoms with Crippen LogP contribution < -0.4 is 16.0 Å². The summed E-state index contributed by atoms with van der Waals surface area (Å²) < 4.78 is 56.2. The molecule has 12 heteroatoms. The van der Waals surface area contributed by atoms with Crippen molar-refractivity contribution in [2.24, 2.45) is 5.41 Å². The molecule has 1 spiro atoms. The lowest BCUT2D eigenvalue weighted by molar-refractivity contribution is 0.102. The number of nitrogens with two attached hydrogens (primary N) is 1. The largest absolute Gasteiger partial charge is 0.389 e. The molecule has 1 aliphatic heterocycles. The van der Waals surface area contributed by atoms with Crippen molar-refractivity contribution in [3.8, 4) is 10.6 Å². The molecule has 0 bridgehead atoms. The Hall–Kier alpha value is -3.15. The van der Waals surface area contributed by atoms with Crippen molar-refractivity contribution in [3.63, 3.8) is 0 Å². The van der Waals surface area contributed by atoms with E-state index in [4.69, 9.17) is 5.73 Å². The molecule has 0 unspecified atom stereocenters. The van der Waals surface area contributed by atoms with E-state index in [0.29, 0.717) is 18.9 Å². The quantitative estimate of drug-likeness (QED) is 0.450. The summed E-state index contributed by atoms with van der Waals surface area (Å²) in [6.45, 7) is 0.764. The Morgan fingerprint density at radius 1 is 1.20 bits per heavy atom. The number of halogens is 4. The standard InChI is InChI=1S/C23H24F4N6OS/c24-13-4-3-5-14(25)17(13)21-31-18(19(28)35-21)20(34)30-15-10-29-33(11-16(26)27)22(15)32-9-2-1-6-23(12-32)7-8-23/h3-5,10,16H,1-2,6-9,11-12,28H2,(H,30,34). The minimum absolute atomic E-state index is 0.0200. The van der Waals surface area contributed by atoms with E-state index in [0.717, 1.165) is 55.6 Å². The molecule has 1 aliphatic carbocycles. The first kappa shape index (κ1) is 23.6. The van der Waals surface area contributed by atoms with Gasteiger partial charge in [0.15, 0.2) is 11.5 Å². The minimum atomic E-state index is -2.62. The van der Waals surface area contributed by atoms with Crippen LogP contribution in [0.1, 0.15) is 42.6 Å². The molecule has 2 aromatic heterocycles. The molecule has 7 nitrogen and oxygen atoms in total. The fourth-order valence-corrected chi connectivity index (χ4v) is 5.56. The van der Waals surface area contributed by atoms with Crippen LogP contribution in [-0.4, -0.2) is 40.2 Å². The molecule has 0 atom stereocenters. The fourth-order valence-electron chi connectivity index (χ4n) is 4.68. The summed E-state index contributed by atoms with van der Waals surface area (Å²) in [6.07, 6.45) is 3.97. The van der Waals surface area contributed by atoms with E-state index in [1.165, 1.54) is 16.9 Å². The van der Waals surface area contributed by atoms with Crippen LogP contribution in [0.4, 0.5) is 34.1 Å². The molecule has 2 aliphatic rings. The molecule has 3 heterocycles. The van der Waals surface area contributed by atoms with Crippen molar-refractivity contribution < 1.29 is 22.4 Å². The Kier molecular flexibility index (Phi) is 6.16. The molecule has 5 rings (SSSR count). The average Bonchev–Trinajstić information content (AvgIpc) is 3.37. The maximum atomic E-state index is 14.2. The molecule has 3 N–H and O–H groups in total. The number of carbonyl (C=O) groups is 1. The Labute approximate surface area is 202 Å². The van der Waals surface area contributed by atoms with Crippen LogP contribution in [0.3, 0.4) is 0 Å². The first-order valence-corrected chi connectivity index (χ1v) is 12.2. The van der Waals surface area contributed by atoms with Gasteiger partial charge in [-0.2, -0.15) is 5.10 Å². The van der Waals surface area contributed by atoms with E-state index < -0.39 is 30.5 Å². The highest BCUT2D eigenvalue weighted by molar-refractivity contribution is 7.19. The summed E-state index contributed by atoms with van der Waals surface area (Å²) in [5.41, 5.74) is 5.86. The molecular weight excluding hydrogens is 484 g/mol. The van der Waals surface area contributed by atoms with Crippen LogP contribution in [0.15, 0.2) is 24.4 Å². The Morgan fingerprint density at radius 3 is 2.63 bits per heavy atom. The number of nitrogens with one attached hydrogen (secondary N) is 1. The number of aromatic nitrogens is 3. The van der Waals surface area contributed by atoms with Crippen LogP contribution >= 0.6 is 11.3 Å². The van der Waals surface area contributed by atoms with Crippen LogP contribution in [0.25, 0.3) is 10.6 Å². The van der Waals surface area contributed by atoms with E-state index in [2.05, 4.69) is 15.4 Å². The first-order chi connectivity index (χ1) is 16.8. The van der Waals surface area contributed by atoms with Gasteiger partial charge in [-0.05, 0) is 43.2 Å². The van der Waals surface area contributed by atoms with Gasteiger partial charge < -0.3 is 16.0 Å². The highest BCUT2D eigenvalue weighted by Crippen LogP contribution is 2.52. The van der Waals surface area contributed by atoms with Crippen molar-refractivity contribution >= 4 is 33.8 Å². The third-order valence-corrected chi connectivity index (χ3v) is 7.49. The van der Waals surface area contributed by atoms with Gasteiger partial charge in [-0.25, -0.2) is 27.2 Å². The lowest BCUT2D eigenvalue weighted by Gasteiger charge is -2.28. The number of thiazole rings is 1. The zero-order valence-corrected chi connectivity index (χ0v) is 19.6. The van der Waals surface area contributed by atoms with Crippen LogP contribution in [-0.2, 0) is 6.54 Å². The number of nitrogens with zero attached hydrogens (tertiary/aromatic N) is 4. The number of alkyl halides is 2. The van der Waals surface area contributed by atoms with Gasteiger partial charge in [0.2, 0.25) is 0 Å². The smallest absolute Gasteiger partial charge is 0.277 e. The van der Waals surface area contributed by atoms with Crippen LogP contribution in [0.2, 0.25) is 0 Å². The predicted molar refractivity (Wildman–Crippen MR) is 126 cm³/mol. The van der Waals surface area contributed by atoms with E-state index in [9.17, 15) is 22.4 Å². The topological polar surface area (TPSA) is 89.1 Å². The summed E-state index contributed by atoms with van der Waals surface area (Å²) >= 11 is 0.787. The fraction of sp³-hybridized carbons (Fsp3) is 0.435. The molecule has 0 radical (unpaired) electrons. The van der Waals surface area contributed by atoms with E-state index in [1.54, 1.807) is 0 Å². The minimum Gasteiger partial charge on any atom is -0.389 e. The van der Waals surface area contributed by atoms with E-state index in [-0.39, 0.29) is 32.4 Å². The Bertz CT molecular complexity index is 1230. The van der Waals surface area contributed by atoms with Crippen molar-refractivity contribution in [1.29, 1.82) is 0 Å². The monoisotopic (exact) mass is 508 g/mol. The van der Waals surface area contributed by atoms with E-state index in [1.807, 2.05) is 4.90 Å². The molecular formula is C23H24F4N6OS. The number of benzene rings is 1. The van der Waals surface area contributed by atoms with Gasteiger partial charge in [0.05, 0.1) is 11.8 Å². The van der Waals surface area contributed by atoms with Crippen molar-refractivity contribution in [2.45, 2.75) is 45.1 Å². The van der Waals surface area contributed by atoms with Gasteiger partial charge in [0.25, 0.3) is 12.3 Å². The van der Waals surface area contributed by atoms with Gasteiger partial charge in [-0.1, -0.05) is 23.8 Å². The third kappa shape index (κ3) is 4.71. The van der Waals surface area contributed by atoms with Crippen molar-refractivity contribution in [2.75, 3.05) is 29.0 Å². The highest BCUT2D eigenvalue weighted by atomic mass is 32.1. The number of hydrogen-bond acceptors (Lipinski definition) is 6. The molecule has 1 amide bonds. The van der Waals surface area contributed by atoms with Crippen molar-refractivity contribution in [3.05, 3.63) is 41.7 Å². The molecule has 1 saturated heterocycles. The van der Waals surface area contributed by atoms with Gasteiger partial charge in [0, 0.05) is 13.1 Å². The zero-order chi connectivity index (χ0) is 24.7. The molecule has 35 heavy (non-hydrogen) atoms. The number of hydrogen-bond donors (Lipinski definition) is 2. The summed E-state index contributed by atoms with van der Waals surface area (Å²) in [6, 6.07) is 3.41. The predicted octanol–water partition coefficient (Wildman–Crippen LogP) is 5.15. The maximum Gasteiger partial charge on any atom is 0.277 e.